The molecular formula is C16H15N5. The predicted octanol–water partition coefficient (Wildman–Crippen LogP) is 1.02. The number of aromatic nitrogens is 2. The third kappa shape index (κ3) is 1.30. The van der Waals surface area contributed by atoms with Crippen molar-refractivity contribution in [3.05, 3.63) is 47.8 Å². The van der Waals surface area contributed by atoms with Crippen molar-refractivity contribution < 1.29 is 0 Å². The second kappa shape index (κ2) is 3.96. The SMILES string of the molecule is c1cnc2c(c1)C1=NCCN3CCN[C@@]13c1cccnc1-2. The van der Waals surface area contributed by atoms with Gasteiger partial charge in [0, 0.05) is 43.2 Å². The molecule has 2 aromatic rings. The number of nitrogens with one attached hydrogen (secondary N) is 1. The summed E-state index contributed by atoms with van der Waals surface area (Å²) in [5.41, 5.74) is 5.03. The molecule has 2 aliphatic heterocycles. The number of fused-ring (bicyclic) bond motifs is 4. The Kier molecular flexibility index (Phi) is 2.18. The third-order valence-corrected chi connectivity index (χ3v) is 4.70. The average Bonchev–Trinajstić information content (AvgIpc) is 2.99. The number of rotatable bonds is 0. The van der Waals surface area contributed by atoms with Crippen molar-refractivity contribution in [3.63, 3.8) is 0 Å². The smallest absolute Gasteiger partial charge is 0.144 e. The molecule has 3 aliphatic rings. The van der Waals surface area contributed by atoms with Crippen LogP contribution < -0.4 is 5.32 Å². The summed E-state index contributed by atoms with van der Waals surface area (Å²) in [6.07, 6.45) is 3.68. The summed E-state index contributed by atoms with van der Waals surface area (Å²) in [7, 11) is 0. The van der Waals surface area contributed by atoms with Gasteiger partial charge in [-0.25, -0.2) is 0 Å². The fourth-order valence-corrected chi connectivity index (χ4v) is 3.91. The molecule has 0 unspecified atom stereocenters. The molecule has 1 saturated heterocycles. The number of aliphatic imine (C=N–C) groups is 1. The van der Waals surface area contributed by atoms with Crippen molar-refractivity contribution in [2.24, 2.45) is 4.99 Å². The highest BCUT2D eigenvalue weighted by Gasteiger charge is 2.53. The van der Waals surface area contributed by atoms with E-state index in [1.54, 1.807) is 0 Å². The largest absolute Gasteiger partial charge is 0.289 e. The maximum Gasteiger partial charge on any atom is 0.144 e. The van der Waals surface area contributed by atoms with E-state index in [-0.39, 0.29) is 5.66 Å². The van der Waals surface area contributed by atoms with Crippen LogP contribution in [0.3, 0.4) is 0 Å². The molecule has 5 rings (SSSR count). The molecule has 1 fully saturated rings. The van der Waals surface area contributed by atoms with Gasteiger partial charge in [-0.3, -0.25) is 25.2 Å². The Morgan fingerprint density at radius 2 is 1.90 bits per heavy atom. The normalized spacial score (nSPS) is 26.4. The molecule has 0 saturated carbocycles. The maximum atomic E-state index is 4.87. The first-order chi connectivity index (χ1) is 10.4. The van der Waals surface area contributed by atoms with E-state index >= 15 is 0 Å². The first kappa shape index (κ1) is 11.5. The zero-order valence-corrected chi connectivity index (χ0v) is 11.6. The van der Waals surface area contributed by atoms with Crippen LogP contribution in [0.4, 0.5) is 0 Å². The molecule has 104 valence electrons. The topological polar surface area (TPSA) is 53.4 Å². The molecule has 1 aliphatic carbocycles. The summed E-state index contributed by atoms with van der Waals surface area (Å²) in [4.78, 5) is 16.6. The summed E-state index contributed by atoms with van der Waals surface area (Å²) < 4.78 is 0. The second-order valence-corrected chi connectivity index (χ2v) is 5.65. The molecule has 1 atom stereocenters. The van der Waals surface area contributed by atoms with Crippen LogP contribution in [0, 0.1) is 0 Å². The van der Waals surface area contributed by atoms with Crippen molar-refractivity contribution >= 4 is 5.71 Å². The lowest BCUT2D eigenvalue weighted by molar-refractivity contribution is 0.182. The van der Waals surface area contributed by atoms with E-state index in [0.29, 0.717) is 0 Å². The summed E-state index contributed by atoms with van der Waals surface area (Å²) in [6, 6.07) is 8.26. The molecule has 1 spiro atoms. The fraction of sp³-hybridized carbons (Fsp3) is 0.312. The Bertz CT molecular complexity index is 769. The van der Waals surface area contributed by atoms with Gasteiger partial charge in [0.1, 0.15) is 5.66 Å². The Morgan fingerprint density at radius 1 is 1.05 bits per heavy atom. The minimum atomic E-state index is -0.308. The lowest BCUT2D eigenvalue weighted by Crippen LogP contribution is -2.59. The first-order valence-electron chi connectivity index (χ1n) is 7.37. The van der Waals surface area contributed by atoms with Crippen LogP contribution in [0.5, 0.6) is 0 Å². The van der Waals surface area contributed by atoms with Gasteiger partial charge in [0.2, 0.25) is 0 Å². The van der Waals surface area contributed by atoms with E-state index < -0.39 is 0 Å². The Hall–Kier alpha value is -2.11. The van der Waals surface area contributed by atoms with Gasteiger partial charge in [-0.15, -0.1) is 0 Å². The van der Waals surface area contributed by atoms with Crippen molar-refractivity contribution in [1.82, 2.24) is 20.2 Å². The highest BCUT2D eigenvalue weighted by molar-refractivity contribution is 6.14. The minimum absolute atomic E-state index is 0.308. The average molecular weight is 277 g/mol. The molecule has 21 heavy (non-hydrogen) atoms. The fourth-order valence-electron chi connectivity index (χ4n) is 3.91. The van der Waals surface area contributed by atoms with Gasteiger partial charge >= 0.3 is 0 Å². The van der Waals surface area contributed by atoms with Crippen molar-refractivity contribution in [2.45, 2.75) is 5.66 Å². The highest BCUT2D eigenvalue weighted by atomic mass is 15.4. The van der Waals surface area contributed by atoms with Crippen LogP contribution in [-0.2, 0) is 5.66 Å². The van der Waals surface area contributed by atoms with Crippen LogP contribution in [0.1, 0.15) is 11.1 Å². The predicted molar refractivity (Wildman–Crippen MR) is 80.1 cm³/mol. The molecule has 5 heteroatoms. The number of nitrogens with zero attached hydrogens (tertiary/aromatic N) is 4. The second-order valence-electron chi connectivity index (χ2n) is 5.65. The Balaban J connectivity index is 1.92. The summed E-state index contributed by atoms with van der Waals surface area (Å²) in [5, 5.41) is 3.70. The van der Waals surface area contributed by atoms with Crippen LogP contribution in [0.25, 0.3) is 11.4 Å². The molecule has 0 amide bonds. The van der Waals surface area contributed by atoms with E-state index in [2.05, 4.69) is 32.3 Å². The molecule has 1 N–H and O–H groups in total. The first-order valence-corrected chi connectivity index (χ1v) is 7.37. The molecule has 4 heterocycles. The van der Waals surface area contributed by atoms with Crippen molar-refractivity contribution in [2.75, 3.05) is 26.2 Å². The lowest BCUT2D eigenvalue weighted by Gasteiger charge is -2.45. The van der Waals surface area contributed by atoms with Crippen LogP contribution in [0.15, 0.2) is 41.7 Å². The minimum Gasteiger partial charge on any atom is -0.289 e. The molecule has 0 radical (unpaired) electrons. The quantitative estimate of drug-likeness (QED) is 0.781. The van der Waals surface area contributed by atoms with E-state index in [1.807, 2.05) is 24.5 Å². The zero-order chi connectivity index (χ0) is 13.9. The molecule has 2 aromatic heterocycles. The molecule has 0 bridgehead atoms. The van der Waals surface area contributed by atoms with Gasteiger partial charge in [-0.2, -0.15) is 0 Å². The highest BCUT2D eigenvalue weighted by Crippen LogP contribution is 2.44. The van der Waals surface area contributed by atoms with E-state index in [4.69, 9.17) is 4.99 Å². The summed E-state index contributed by atoms with van der Waals surface area (Å²) >= 11 is 0. The Labute approximate surface area is 122 Å². The van der Waals surface area contributed by atoms with Gasteiger partial charge in [-0.1, -0.05) is 6.07 Å². The van der Waals surface area contributed by atoms with Crippen molar-refractivity contribution in [3.8, 4) is 11.4 Å². The number of pyridine rings is 2. The van der Waals surface area contributed by atoms with Gasteiger partial charge in [0.25, 0.3) is 0 Å². The molecule has 5 nitrogen and oxygen atoms in total. The van der Waals surface area contributed by atoms with Crippen LogP contribution in [-0.4, -0.2) is 46.8 Å². The van der Waals surface area contributed by atoms with Crippen LogP contribution in [0.2, 0.25) is 0 Å². The number of hydrogen-bond donors (Lipinski definition) is 1. The maximum absolute atomic E-state index is 4.87. The van der Waals surface area contributed by atoms with Gasteiger partial charge in [0.15, 0.2) is 0 Å². The van der Waals surface area contributed by atoms with Gasteiger partial charge in [-0.05, 0) is 18.2 Å². The van der Waals surface area contributed by atoms with E-state index in [1.165, 1.54) is 5.56 Å². The zero-order valence-electron chi connectivity index (χ0n) is 11.6. The van der Waals surface area contributed by atoms with E-state index in [9.17, 15) is 0 Å². The van der Waals surface area contributed by atoms with Gasteiger partial charge < -0.3 is 0 Å². The molecular weight excluding hydrogens is 262 g/mol. The van der Waals surface area contributed by atoms with Crippen LogP contribution >= 0.6 is 0 Å². The van der Waals surface area contributed by atoms with Crippen molar-refractivity contribution in [1.29, 1.82) is 0 Å². The summed E-state index contributed by atoms with van der Waals surface area (Å²) in [5.74, 6) is 0. The monoisotopic (exact) mass is 277 g/mol. The third-order valence-electron chi connectivity index (χ3n) is 4.70. The van der Waals surface area contributed by atoms with Gasteiger partial charge in [0.05, 0.1) is 23.6 Å². The summed E-state index contributed by atoms with van der Waals surface area (Å²) in [6.45, 7) is 3.86. The van der Waals surface area contributed by atoms with E-state index in [0.717, 1.165) is 48.8 Å². The lowest BCUT2D eigenvalue weighted by atomic mass is 9.80. The Morgan fingerprint density at radius 3 is 2.86 bits per heavy atom. The molecule has 0 aromatic carbocycles. The number of hydrogen-bond acceptors (Lipinski definition) is 5. The standard InChI is InChI=1S/C16H15N5/c1-3-11-13(17-5-1)14-12(4-2-6-18-14)16-15(11)19-7-9-21(16)10-8-20-16/h1-6,20H,7-10H2/t16-/m1/s1.